The molecule has 0 aliphatic carbocycles. The molecule has 4 rings (SSSR count). The van der Waals surface area contributed by atoms with E-state index in [1.165, 1.54) is 0 Å². The van der Waals surface area contributed by atoms with Crippen LogP contribution in [0, 0.1) is 11.3 Å². The van der Waals surface area contributed by atoms with Crippen molar-refractivity contribution < 1.29 is 4.74 Å². The van der Waals surface area contributed by atoms with Gasteiger partial charge in [-0.1, -0.05) is 23.7 Å². The number of rotatable bonds is 7. The van der Waals surface area contributed by atoms with E-state index in [0.29, 0.717) is 41.1 Å². The van der Waals surface area contributed by atoms with Gasteiger partial charge in [0.1, 0.15) is 5.75 Å². The molecule has 2 heterocycles. The highest BCUT2D eigenvalue weighted by molar-refractivity contribution is 6.32. The highest BCUT2D eigenvalue weighted by atomic mass is 35.5. The molecule has 0 radical (unpaired) electrons. The third kappa shape index (κ3) is 5.17. The lowest BCUT2D eigenvalue weighted by molar-refractivity contribution is 0.415. The van der Waals surface area contributed by atoms with Crippen molar-refractivity contribution in [2.75, 3.05) is 17.7 Å². The van der Waals surface area contributed by atoms with Crippen LogP contribution in [-0.2, 0) is 13.1 Å². The number of ether oxygens (including phenoxy) is 1. The number of fused-ring (bicyclic) bond motifs is 1. The molecule has 162 valence electrons. The average Bonchev–Trinajstić information content (AvgIpc) is 2.82. The van der Waals surface area contributed by atoms with Gasteiger partial charge in [0, 0.05) is 36.3 Å². The zero-order chi connectivity index (χ0) is 21.6. The summed E-state index contributed by atoms with van der Waals surface area (Å²) in [4.78, 5) is 4.13. The summed E-state index contributed by atoms with van der Waals surface area (Å²) in [6, 6.07) is 17.1. The number of hydrogen-bond donors (Lipinski definition) is 2. The molecule has 0 spiro atoms. The Bertz CT molecular complexity index is 1260. The molecule has 0 aliphatic rings. The molecule has 7 nitrogen and oxygen atoms in total. The molecule has 2 N–H and O–H groups in total. The van der Waals surface area contributed by atoms with Crippen LogP contribution < -0.4 is 15.4 Å². The molecule has 2 aromatic carbocycles. The molecule has 0 fully saturated rings. The maximum Gasteiger partial charge on any atom is 0.157 e. The Kier molecular flexibility index (Phi) is 7.66. The van der Waals surface area contributed by atoms with Crippen LogP contribution in [0.4, 0.5) is 11.6 Å². The van der Waals surface area contributed by atoms with Crippen LogP contribution in [0.15, 0.2) is 60.9 Å². The third-order valence-electron chi connectivity index (χ3n) is 4.77. The molecule has 32 heavy (non-hydrogen) atoms. The summed E-state index contributed by atoms with van der Waals surface area (Å²) < 4.78 is 5.20. The van der Waals surface area contributed by atoms with Crippen molar-refractivity contribution >= 4 is 46.4 Å². The lowest BCUT2D eigenvalue weighted by Crippen LogP contribution is -2.07. The number of nitrogens with zero attached hydrogens (tertiary/aromatic N) is 4. The smallest absolute Gasteiger partial charge is 0.157 e. The quantitative estimate of drug-likeness (QED) is 0.386. The van der Waals surface area contributed by atoms with E-state index in [1.807, 2.05) is 42.5 Å². The molecule has 0 bridgehead atoms. The SMILES string of the molecule is COc1ccc(CNc2nnc(NCc3cccnc3)c3ccc(C#N)cc23)cc1Cl.Cl. The van der Waals surface area contributed by atoms with E-state index in [9.17, 15) is 5.26 Å². The van der Waals surface area contributed by atoms with Crippen LogP contribution in [-0.4, -0.2) is 22.3 Å². The van der Waals surface area contributed by atoms with Crippen molar-refractivity contribution in [3.8, 4) is 11.8 Å². The number of aromatic nitrogens is 3. The first kappa shape index (κ1) is 23.1. The van der Waals surface area contributed by atoms with Crippen molar-refractivity contribution in [2.24, 2.45) is 0 Å². The number of pyridine rings is 1. The molecule has 0 saturated heterocycles. The standard InChI is InChI=1S/C23H19ClN6O.ClH/c1-31-21-7-5-16(10-20(21)24)13-27-23-19-9-15(11-25)4-6-18(19)22(29-30-23)28-14-17-3-2-8-26-12-17;/h2-10,12H,13-14H2,1H3,(H,27,30)(H,28,29);1H. The normalized spacial score (nSPS) is 10.2. The number of nitrogens with one attached hydrogen (secondary N) is 2. The Morgan fingerprint density at radius 3 is 2.38 bits per heavy atom. The fraction of sp³-hybridized carbons (Fsp3) is 0.130. The Morgan fingerprint density at radius 1 is 0.969 bits per heavy atom. The highest BCUT2D eigenvalue weighted by Crippen LogP contribution is 2.29. The number of hydrogen-bond acceptors (Lipinski definition) is 7. The number of halogens is 2. The molecular weight excluding hydrogens is 447 g/mol. The van der Waals surface area contributed by atoms with E-state index in [0.717, 1.165) is 21.9 Å². The van der Waals surface area contributed by atoms with Gasteiger partial charge in [-0.2, -0.15) is 5.26 Å². The zero-order valence-electron chi connectivity index (χ0n) is 17.2. The minimum absolute atomic E-state index is 0. The number of nitriles is 1. The number of anilines is 2. The molecule has 2 aromatic heterocycles. The summed E-state index contributed by atoms with van der Waals surface area (Å²) >= 11 is 6.22. The maximum atomic E-state index is 9.34. The van der Waals surface area contributed by atoms with Crippen LogP contribution in [0.5, 0.6) is 5.75 Å². The molecule has 0 amide bonds. The molecule has 9 heteroatoms. The summed E-state index contributed by atoms with van der Waals surface area (Å²) in [6.45, 7) is 1.06. The Hall–Kier alpha value is -3.60. The Morgan fingerprint density at radius 2 is 1.72 bits per heavy atom. The van der Waals surface area contributed by atoms with Crippen molar-refractivity contribution in [2.45, 2.75) is 13.1 Å². The monoisotopic (exact) mass is 466 g/mol. The second kappa shape index (κ2) is 10.6. The van der Waals surface area contributed by atoms with Crippen molar-refractivity contribution in [1.29, 1.82) is 5.26 Å². The predicted molar refractivity (Wildman–Crippen MR) is 128 cm³/mol. The summed E-state index contributed by atoms with van der Waals surface area (Å²) in [7, 11) is 1.58. The van der Waals surface area contributed by atoms with Gasteiger partial charge < -0.3 is 15.4 Å². The second-order valence-corrected chi connectivity index (χ2v) is 7.21. The summed E-state index contributed by atoms with van der Waals surface area (Å²) in [5.41, 5.74) is 2.55. The first-order chi connectivity index (χ1) is 15.2. The molecule has 0 aliphatic heterocycles. The van der Waals surface area contributed by atoms with Crippen LogP contribution in [0.3, 0.4) is 0 Å². The minimum Gasteiger partial charge on any atom is -0.495 e. The van der Waals surface area contributed by atoms with E-state index in [4.69, 9.17) is 16.3 Å². The van der Waals surface area contributed by atoms with Crippen LogP contribution in [0.25, 0.3) is 10.8 Å². The molecule has 0 saturated carbocycles. The predicted octanol–water partition coefficient (Wildman–Crippen LogP) is 5.20. The summed E-state index contributed by atoms with van der Waals surface area (Å²) in [6.07, 6.45) is 3.53. The van der Waals surface area contributed by atoms with Crippen LogP contribution in [0.2, 0.25) is 5.02 Å². The Balaban J connectivity index is 0.00000289. The van der Waals surface area contributed by atoms with Gasteiger partial charge in [-0.15, -0.1) is 22.6 Å². The van der Waals surface area contributed by atoms with Gasteiger partial charge in [-0.25, -0.2) is 0 Å². The molecule has 0 unspecified atom stereocenters. The average molecular weight is 467 g/mol. The van der Waals surface area contributed by atoms with Crippen LogP contribution in [0.1, 0.15) is 16.7 Å². The van der Waals surface area contributed by atoms with E-state index in [-0.39, 0.29) is 12.4 Å². The summed E-state index contributed by atoms with van der Waals surface area (Å²) in [5, 5.41) is 26.9. The van der Waals surface area contributed by atoms with Crippen molar-refractivity contribution in [1.82, 2.24) is 15.2 Å². The third-order valence-corrected chi connectivity index (χ3v) is 5.06. The van der Waals surface area contributed by atoms with E-state index < -0.39 is 0 Å². The van der Waals surface area contributed by atoms with Crippen LogP contribution >= 0.6 is 24.0 Å². The first-order valence-electron chi connectivity index (χ1n) is 9.57. The first-order valence-corrected chi connectivity index (χ1v) is 9.95. The number of methoxy groups -OCH3 is 1. The molecule has 4 aromatic rings. The topological polar surface area (TPSA) is 95.8 Å². The second-order valence-electron chi connectivity index (χ2n) is 6.81. The van der Waals surface area contributed by atoms with Gasteiger partial charge in [0.2, 0.25) is 0 Å². The fourth-order valence-corrected chi connectivity index (χ4v) is 3.46. The summed E-state index contributed by atoms with van der Waals surface area (Å²) in [5.74, 6) is 1.85. The van der Waals surface area contributed by atoms with E-state index in [1.54, 1.807) is 25.6 Å². The highest BCUT2D eigenvalue weighted by Gasteiger charge is 2.11. The number of benzene rings is 2. The fourth-order valence-electron chi connectivity index (χ4n) is 3.18. The lowest BCUT2D eigenvalue weighted by atomic mass is 10.1. The van der Waals surface area contributed by atoms with Gasteiger partial charge in [0.25, 0.3) is 0 Å². The van der Waals surface area contributed by atoms with Gasteiger partial charge in [-0.05, 0) is 47.5 Å². The lowest BCUT2D eigenvalue weighted by Gasteiger charge is -2.13. The van der Waals surface area contributed by atoms with Gasteiger partial charge >= 0.3 is 0 Å². The van der Waals surface area contributed by atoms with Gasteiger partial charge in [0.15, 0.2) is 11.6 Å². The Labute approximate surface area is 196 Å². The minimum atomic E-state index is 0. The van der Waals surface area contributed by atoms with E-state index >= 15 is 0 Å². The maximum absolute atomic E-state index is 9.34. The molecular formula is C23H20Cl2N6O. The zero-order valence-corrected chi connectivity index (χ0v) is 18.7. The van der Waals surface area contributed by atoms with Gasteiger partial charge in [0.05, 0.1) is 23.8 Å². The molecule has 0 atom stereocenters. The van der Waals surface area contributed by atoms with E-state index in [2.05, 4.69) is 31.9 Å². The van der Waals surface area contributed by atoms with Crippen molar-refractivity contribution in [3.05, 3.63) is 82.6 Å². The van der Waals surface area contributed by atoms with Gasteiger partial charge in [-0.3, -0.25) is 4.98 Å². The largest absolute Gasteiger partial charge is 0.495 e. The van der Waals surface area contributed by atoms with Crippen molar-refractivity contribution in [3.63, 3.8) is 0 Å².